The Balaban J connectivity index is 1.30. The predicted molar refractivity (Wildman–Crippen MR) is 148 cm³/mol. The molecule has 1 aromatic carbocycles. The van der Waals surface area contributed by atoms with Gasteiger partial charge >= 0.3 is 5.56 Å². The van der Waals surface area contributed by atoms with Gasteiger partial charge in [0.25, 0.3) is 10.2 Å². The second kappa shape index (κ2) is 11.1. The smallest absolute Gasteiger partial charge is 0.316 e. The number of nitrogens with two attached hydrogens (primary N) is 1. The number of ether oxygens (including phenoxy) is 1. The van der Waals surface area contributed by atoms with Gasteiger partial charge in [0.05, 0.1) is 18.5 Å². The van der Waals surface area contributed by atoms with E-state index in [0.29, 0.717) is 55.7 Å². The molecule has 0 amide bonds. The van der Waals surface area contributed by atoms with Gasteiger partial charge in [-0.25, -0.2) is 4.72 Å². The quantitative estimate of drug-likeness (QED) is 0.480. The lowest BCUT2D eigenvalue weighted by atomic mass is 9.86. The standard InChI is InChI=1S/C26H37ClN6O4S/c1-26(8-9-26)18-37-24-23(17-29-33(25(24)34)22-7-3-5-20(27)15-22)31-10-12-32(13-11-31)38(35,36)30-16-19-4-2-6-21(28)14-19/h3,5,7,15,17,19,21,30H,2,4,6,8-14,16,18,28H2,1H3. The molecule has 12 heteroatoms. The minimum atomic E-state index is -3.60. The lowest BCUT2D eigenvalue weighted by Gasteiger charge is -2.36. The molecule has 2 unspecified atom stereocenters. The molecular formula is C26H37ClN6O4S. The van der Waals surface area contributed by atoms with Crippen LogP contribution >= 0.6 is 11.6 Å². The molecule has 2 atom stereocenters. The SMILES string of the molecule is CC1(COc2c(N3CCN(S(=O)(=O)NCC4CCCC(N)C4)CC3)cnn(-c3cccc(Cl)c3)c2=O)CC1. The zero-order chi connectivity index (χ0) is 26.9. The van der Waals surface area contributed by atoms with Crippen LogP contribution in [0.5, 0.6) is 5.75 Å². The van der Waals surface area contributed by atoms with E-state index in [1.165, 1.54) is 8.99 Å². The van der Waals surface area contributed by atoms with Crippen LogP contribution < -0.4 is 25.7 Å². The van der Waals surface area contributed by atoms with Gasteiger partial charge in [0.1, 0.15) is 5.69 Å². The average Bonchev–Trinajstić information content (AvgIpc) is 3.64. The highest BCUT2D eigenvalue weighted by molar-refractivity contribution is 7.87. The Morgan fingerprint density at radius 1 is 1.21 bits per heavy atom. The number of piperazine rings is 1. The van der Waals surface area contributed by atoms with Gasteiger partial charge in [-0.1, -0.05) is 31.0 Å². The van der Waals surface area contributed by atoms with Crippen LogP contribution in [0.25, 0.3) is 5.69 Å². The van der Waals surface area contributed by atoms with Gasteiger partial charge in [0.15, 0.2) is 0 Å². The van der Waals surface area contributed by atoms with E-state index in [4.69, 9.17) is 22.1 Å². The highest BCUT2D eigenvalue weighted by Gasteiger charge is 2.39. The van der Waals surface area contributed by atoms with Crippen LogP contribution in [-0.2, 0) is 10.2 Å². The van der Waals surface area contributed by atoms with Crippen molar-refractivity contribution < 1.29 is 13.2 Å². The van der Waals surface area contributed by atoms with Crippen LogP contribution in [-0.4, -0.2) is 67.9 Å². The van der Waals surface area contributed by atoms with Crippen LogP contribution in [0.15, 0.2) is 35.3 Å². The van der Waals surface area contributed by atoms with Crippen LogP contribution in [0.1, 0.15) is 45.4 Å². The summed E-state index contributed by atoms with van der Waals surface area (Å²) in [5, 5.41) is 4.92. The first-order valence-corrected chi connectivity index (χ1v) is 15.2. The Bertz CT molecular complexity index is 1310. The van der Waals surface area contributed by atoms with E-state index >= 15 is 0 Å². The van der Waals surface area contributed by atoms with Crippen molar-refractivity contribution in [2.45, 2.75) is 51.5 Å². The maximum atomic E-state index is 13.5. The number of nitrogens with one attached hydrogen (secondary N) is 1. The number of nitrogens with zero attached hydrogens (tertiary/aromatic N) is 4. The molecule has 38 heavy (non-hydrogen) atoms. The van der Waals surface area contributed by atoms with Crippen molar-refractivity contribution in [3.05, 3.63) is 45.8 Å². The lowest BCUT2D eigenvalue weighted by molar-refractivity contribution is 0.242. The van der Waals surface area contributed by atoms with Crippen molar-refractivity contribution >= 4 is 27.5 Å². The maximum Gasteiger partial charge on any atom is 0.316 e. The minimum Gasteiger partial charge on any atom is -0.486 e. The highest BCUT2D eigenvalue weighted by Crippen LogP contribution is 2.45. The van der Waals surface area contributed by atoms with Gasteiger partial charge < -0.3 is 15.4 Å². The third-order valence-corrected chi connectivity index (χ3v) is 9.74. The zero-order valence-electron chi connectivity index (χ0n) is 21.8. The number of hydrogen-bond donors (Lipinski definition) is 2. The molecule has 2 aliphatic carbocycles. The summed E-state index contributed by atoms with van der Waals surface area (Å²) in [4.78, 5) is 15.5. The molecule has 1 aromatic heterocycles. The average molecular weight is 565 g/mol. The number of aromatic nitrogens is 2. The molecular weight excluding hydrogens is 528 g/mol. The molecule has 10 nitrogen and oxygen atoms in total. The van der Waals surface area contributed by atoms with Crippen molar-refractivity contribution in [1.82, 2.24) is 18.8 Å². The fraction of sp³-hybridized carbons (Fsp3) is 0.615. The molecule has 0 spiro atoms. The fourth-order valence-electron chi connectivity index (χ4n) is 5.19. The fourth-order valence-corrected chi connectivity index (χ4v) is 6.65. The Labute approximate surface area is 229 Å². The van der Waals surface area contributed by atoms with Gasteiger partial charge in [-0.3, -0.25) is 4.79 Å². The summed E-state index contributed by atoms with van der Waals surface area (Å²) in [6, 6.07) is 7.11. The van der Waals surface area contributed by atoms with Gasteiger partial charge in [-0.15, -0.1) is 0 Å². The second-order valence-corrected chi connectivity index (χ2v) is 13.4. The van der Waals surface area contributed by atoms with E-state index in [9.17, 15) is 13.2 Å². The molecule has 0 radical (unpaired) electrons. The molecule has 2 saturated carbocycles. The number of benzene rings is 1. The van der Waals surface area contributed by atoms with Crippen molar-refractivity contribution in [1.29, 1.82) is 0 Å². The first-order chi connectivity index (χ1) is 18.1. The monoisotopic (exact) mass is 564 g/mol. The Kier molecular flexibility index (Phi) is 8.02. The van der Waals surface area contributed by atoms with E-state index in [2.05, 4.69) is 16.7 Å². The van der Waals surface area contributed by atoms with Gasteiger partial charge in [-0.05, 0) is 56.2 Å². The van der Waals surface area contributed by atoms with E-state index in [0.717, 1.165) is 38.5 Å². The van der Waals surface area contributed by atoms with Gasteiger partial charge in [0.2, 0.25) is 5.75 Å². The Hall–Kier alpha value is -2.18. The molecule has 0 bridgehead atoms. The normalized spacial score (nSPS) is 23.8. The summed E-state index contributed by atoms with van der Waals surface area (Å²) < 4.78 is 37.7. The van der Waals surface area contributed by atoms with E-state index in [-0.39, 0.29) is 28.7 Å². The van der Waals surface area contributed by atoms with Gasteiger partial charge in [-0.2, -0.15) is 22.5 Å². The molecule has 2 aromatic rings. The summed E-state index contributed by atoms with van der Waals surface area (Å²) >= 11 is 6.15. The first-order valence-electron chi connectivity index (χ1n) is 13.4. The molecule has 2 heterocycles. The predicted octanol–water partition coefficient (Wildman–Crippen LogP) is 2.54. The molecule has 1 aliphatic heterocycles. The first kappa shape index (κ1) is 27.4. The van der Waals surface area contributed by atoms with Crippen LogP contribution in [0.2, 0.25) is 5.02 Å². The summed E-state index contributed by atoms with van der Waals surface area (Å²) in [5.74, 6) is 0.510. The number of hydrogen-bond acceptors (Lipinski definition) is 7. The molecule has 208 valence electrons. The summed E-state index contributed by atoms with van der Waals surface area (Å²) in [6.07, 6.45) is 7.65. The number of anilines is 1. The topological polar surface area (TPSA) is 123 Å². The third-order valence-electron chi connectivity index (χ3n) is 7.93. The number of rotatable bonds is 9. The lowest BCUT2D eigenvalue weighted by Crippen LogP contribution is -2.53. The zero-order valence-corrected chi connectivity index (χ0v) is 23.4. The molecule has 3 fully saturated rings. The van der Waals surface area contributed by atoms with Gasteiger partial charge in [0, 0.05) is 49.2 Å². The summed E-state index contributed by atoms with van der Waals surface area (Å²) in [6.45, 7) is 4.44. The van der Waals surface area contributed by atoms with Crippen LogP contribution in [0, 0.1) is 11.3 Å². The van der Waals surface area contributed by atoms with E-state index < -0.39 is 10.2 Å². The van der Waals surface area contributed by atoms with Crippen LogP contribution in [0.4, 0.5) is 5.69 Å². The molecule has 5 rings (SSSR count). The van der Waals surface area contributed by atoms with Crippen LogP contribution in [0.3, 0.4) is 0 Å². The van der Waals surface area contributed by atoms with E-state index in [1.807, 2.05) is 4.90 Å². The Morgan fingerprint density at radius 3 is 2.66 bits per heavy atom. The summed E-state index contributed by atoms with van der Waals surface area (Å²) in [7, 11) is -3.60. The largest absolute Gasteiger partial charge is 0.486 e. The van der Waals surface area contributed by atoms with Crippen molar-refractivity contribution in [3.8, 4) is 11.4 Å². The minimum absolute atomic E-state index is 0.0779. The van der Waals surface area contributed by atoms with Crippen molar-refractivity contribution in [2.75, 3.05) is 44.2 Å². The maximum absolute atomic E-state index is 13.5. The van der Waals surface area contributed by atoms with E-state index in [1.54, 1.807) is 30.5 Å². The van der Waals surface area contributed by atoms with Crippen molar-refractivity contribution in [3.63, 3.8) is 0 Å². The third kappa shape index (κ3) is 6.34. The molecule has 3 aliphatic rings. The Morgan fingerprint density at radius 2 is 1.97 bits per heavy atom. The summed E-state index contributed by atoms with van der Waals surface area (Å²) in [5.41, 5.74) is 6.91. The van der Waals surface area contributed by atoms with Crippen molar-refractivity contribution in [2.24, 2.45) is 17.1 Å². The second-order valence-electron chi connectivity index (χ2n) is 11.2. The highest BCUT2D eigenvalue weighted by atomic mass is 35.5. The molecule has 1 saturated heterocycles. The molecule has 3 N–H and O–H groups in total. The number of halogens is 1.